The molecule has 0 spiro atoms. The molecule has 0 aromatic carbocycles. The predicted octanol–water partition coefficient (Wildman–Crippen LogP) is -0.246. The molecule has 1 heterocycles. The Hall–Kier alpha value is -1.38. The summed E-state index contributed by atoms with van der Waals surface area (Å²) in [5.41, 5.74) is 0.946. The fraction of sp³-hybridized carbons (Fsp3) is 0.143. The molecule has 0 unspecified atom stereocenters. The SMILES string of the molecule is Cc1cncc(C(=O)[O-])c1. The molecule has 3 nitrogen and oxygen atoms in total. The Morgan fingerprint density at radius 1 is 1.60 bits per heavy atom. The Morgan fingerprint density at radius 2 is 2.30 bits per heavy atom. The van der Waals surface area contributed by atoms with Gasteiger partial charge in [0.1, 0.15) is 0 Å². The fourth-order valence-corrected chi connectivity index (χ4v) is 0.667. The van der Waals surface area contributed by atoms with Gasteiger partial charge in [0.15, 0.2) is 0 Å². The summed E-state index contributed by atoms with van der Waals surface area (Å²) in [4.78, 5) is 13.9. The minimum atomic E-state index is -1.18. The van der Waals surface area contributed by atoms with E-state index in [4.69, 9.17) is 0 Å². The van der Waals surface area contributed by atoms with Gasteiger partial charge in [-0.3, -0.25) is 4.98 Å². The summed E-state index contributed by atoms with van der Waals surface area (Å²) in [7, 11) is 0. The second kappa shape index (κ2) is 2.47. The molecule has 10 heavy (non-hydrogen) atoms. The van der Waals surface area contributed by atoms with Gasteiger partial charge in [0.2, 0.25) is 0 Å². The van der Waals surface area contributed by atoms with Gasteiger partial charge in [0, 0.05) is 18.0 Å². The van der Waals surface area contributed by atoms with Crippen LogP contribution in [0.5, 0.6) is 0 Å². The van der Waals surface area contributed by atoms with Gasteiger partial charge in [-0.25, -0.2) is 0 Å². The number of carboxylic acids is 1. The summed E-state index contributed by atoms with van der Waals surface area (Å²) >= 11 is 0. The van der Waals surface area contributed by atoms with Crippen LogP contribution in [0.25, 0.3) is 0 Å². The van der Waals surface area contributed by atoms with Gasteiger partial charge in [0.25, 0.3) is 0 Å². The number of nitrogens with zero attached hydrogens (tertiary/aromatic N) is 1. The Morgan fingerprint density at radius 3 is 2.70 bits per heavy atom. The fourth-order valence-electron chi connectivity index (χ4n) is 0.667. The molecule has 1 aromatic heterocycles. The van der Waals surface area contributed by atoms with Crippen LogP contribution in [0, 0.1) is 6.92 Å². The van der Waals surface area contributed by atoms with E-state index in [2.05, 4.69) is 4.98 Å². The lowest BCUT2D eigenvalue weighted by molar-refractivity contribution is -0.255. The Balaban J connectivity index is 3.07. The lowest BCUT2D eigenvalue weighted by Crippen LogP contribution is -2.22. The summed E-state index contributed by atoms with van der Waals surface area (Å²) < 4.78 is 0. The first-order valence-corrected chi connectivity index (χ1v) is 2.83. The minimum Gasteiger partial charge on any atom is -0.545 e. The van der Waals surface area contributed by atoms with Gasteiger partial charge in [-0.05, 0) is 18.6 Å². The first kappa shape index (κ1) is 6.74. The lowest BCUT2D eigenvalue weighted by atomic mass is 10.2. The van der Waals surface area contributed by atoms with Crippen LogP contribution in [0.2, 0.25) is 0 Å². The third kappa shape index (κ3) is 1.31. The Kier molecular flexibility index (Phi) is 1.67. The smallest absolute Gasteiger partial charge is 0.0730 e. The molecule has 0 N–H and O–H groups in total. The highest BCUT2D eigenvalue weighted by Gasteiger charge is 1.91. The topological polar surface area (TPSA) is 53.0 Å². The van der Waals surface area contributed by atoms with Crippen LogP contribution in [0.4, 0.5) is 0 Å². The third-order valence-electron chi connectivity index (χ3n) is 1.11. The van der Waals surface area contributed by atoms with Crippen LogP contribution in [-0.2, 0) is 0 Å². The highest BCUT2D eigenvalue weighted by molar-refractivity contribution is 5.85. The summed E-state index contributed by atoms with van der Waals surface area (Å²) in [5.74, 6) is -1.18. The van der Waals surface area contributed by atoms with Gasteiger partial charge >= 0.3 is 0 Å². The van der Waals surface area contributed by atoms with E-state index in [1.165, 1.54) is 12.3 Å². The van der Waals surface area contributed by atoms with E-state index in [9.17, 15) is 9.90 Å². The van der Waals surface area contributed by atoms with E-state index in [0.29, 0.717) is 0 Å². The second-order valence-corrected chi connectivity index (χ2v) is 2.04. The largest absolute Gasteiger partial charge is 0.545 e. The maximum Gasteiger partial charge on any atom is 0.0730 e. The van der Waals surface area contributed by atoms with Gasteiger partial charge in [0.05, 0.1) is 5.97 Å². The third-order valence-corrected chi connectivity index (χ3v) is 1.11. The van der Waals surface area contributed by atoms with Crippen LogP contribution in [-0.4, -0.2) is 11.0 Å². The van der Waals surface area contributed by atoms with E-state index >= 15 is 0 Å². The van der Waals surface area contributed by atoms with Gasteiger partial charge in [-0.15, -0.1) is 0 Å². The molecule has 0 bridgehead atoms. The number of aryl methyl sites for hydroxylation is 1. The number of rotatable bonds is 1. The normalized spacial score (nSPS) is 9.30. The maximum absolute atomic E-state index is 10.2. The van der Waals surface area contributed by atoms with Crippen molar-refractivity contribution in [2.24, 2.45) is 0 Å². The molecule has 0 amide bonds. The van der Waals surface area contributed by atoms with Crippen molar-refractivity contribution in [3.63, 3.8) is 0 Å². The van der Waals surface area contributed by atoms with Gasteiger partial charge in [-0.1, -0.05) is 0 Å². The first-order chi connectivity index (χ1) is 4.70. The van der Waals surface area contributed by atoms with Crippen LogP contribution in [0.3, 0.4) is 0 Å². The molecule has 1 rings (SSSR count). The molecule has 0 saturated carbocycles. The first-order valence-electron chi connectivity index (χ1n) is 2.83. The van der Waals surface area contributed by atoms with Crippen molar-refractivity contribution >= 4 is 5.97 Å². The molecule has 1 aromatic rings. The van der Waals surface area contributed by atoms with E-state index < -0.39 is 5.97 Å². The zero-order valence-corrected chi connectivity index (χ0v) is 5.50. The summed E-state index contributed by atoms with van der Waals surface area (Å²) in [6, 6.07) is 1.52. The van der Waals surface area contributed by atoms with E-state index in [0.717, 1.165) is 5.56 Å². The number of aromatic nitrogens is 1. The summed E-state index contributed by atoms with van der Waals surface area (Å²) in [5, 5.41) is 10.2. The van der Waals surface area contributed by atoms with Crippen molar-refractivity contribution in [1.29, 1.82) is 0 Å². The number of carboxylic acid groups (broad SMARTS) is 1. The summed E-state index contributed by atoms with van der Waals surface area (Å²) in [6.07, 6.45) is 2.86. The Bertz CT molecular complexity index is 258. The van der Waals surface area contributed by atoms with Gasteiger partial charge < -0.3 is 9.90 Å². The predicted molar refractivity (Wildman–Crippen MR) is 33.3 cm³/mol. The highest BCUT2D eigenvalue weighted by atomic mass is 16.4. The number of aromatic carboxylic acids is 1. The molecule has 0 aliphatic heterocycles. The van der Waals surface area contributed by atoms with Crippen LogP contribution >= 0.6 is 0 Å². The second-order valence-electron chi connectivity index (χ2n) is 2.04. The van der Waals surface area contributed by atoms with Crippen LogP contribution in [0.1, 0.15) is 15.9 Å². The molecule has 52 valence electrons. The van der Waals surface area contributed by atoms with E-state index in [1.54, 1.807) is 13.1 Å². The maximum atomic E-state index is 10.2. The molecule has 0 aliphatic carbocycles. The van der Waals surface area contributed by atoms with Crippen molar-refractivity contribution in [1.82, 2.24) is 4.98 Å². The molecular weight excluding hydrogens is 130 g/mol. The molecule has 0 saturated heterocycles. The summed E-state index contributed by atoms with van der Waals surface area (Å²) in [6.45, 7) is 1.78. The van der Waals surface area contributed by atoms with Crippen molar-refractivity contribution in [2.75, 3.05) is 0 Å². The van der Waals surface area contributed by atoms with Gasteiger partial charge in [-0.2, -0.15) is 0 Å². The molecular formula is C7H6NO2-. The van der Waals surface area contributed by atoms with Crippen LogP contribution < -0.4 is 5.11 Å². The van der Waals surface area contributed by atoms with E-state index in [1.807, 2.05) is 0 Å². The van der Waals surface area contributed by atoms with Crippen molar-refractivity contribution in [3.8, 4) is 0 Å². The molecule has 0 fully saturated rings. The van der Waals surface area contributed by atoms with Crippen molar-refractivity contribution in [2.45, 2.75) is 6.92 Å². The number of hydrogen-bond acceptors (Lipinski definition) is 3. The lowest BCUT2D eigenvalue weighted by Gasteiger charge is -2.00. The number of carbonyl (C=O) groups is 1. The highest BCUT2D eigenvalue weighted by Crippen LogP contribution is 1.98. The van der Waals surface area contributed by atoms with Crippen molar-refractivity contribution < 1.29 is 9.90 Å². The van der Waals surface area contributed by atoms with E-state index in [-0.39, 0.29) is 5.56 Å². The molecule has 0 aliphatic rings. The zero-order valence-electron chi connectivity index (χ0n) is 5.50. The van der Waals surface area contributed by atoms with Crippen molar-refractivity contribution in [3.05, 3.63) is 29.6 Å². The minimum absolute atomic E-state index is 0.125. The monoisotopic (exact) mass is 136 g/mol. The standard InChI is InChI=1S/C7H7NO2/c1-5-2-6(7(9)10)4-8-3-5/h2-4H,1H3,(H,9,10)/p-1. The number of carbonyl (C=O) groups excluding carboxylic acids is 1. The average Bonchev–Trinajstić information content (AvgIpc) is 1.88. The molecule has 3 heteroatoms. The molecule has 0 atom stereocenters. The number of pyridine rings is 1. The van der Waals surface area contributed by atoms with Crippen LogP contribution in [0.15, 0.2) is 18.5 Å². The average molecular weight is 136 g/mol. The number of hydrogen-bond donors (Lipinski definition) is 0. The Labute approximate surface area is 58.3 Å². The molecule has 0 radical (unpaired) electrons. The quantitative estimate of drug-likeness (QED) is 0.535. The zero-order chi connectivity index (χ0) is 7.56.